The van der Waals surface area contributed by atoms with Crippen LogP contribution in [0.1, 0.15) is 10.4 Å². The second-order valence-electron chi connectivity index (χ2n) is 6.67. The van der Waals surface area contributed by atoms with Crippen LogP contribution < -0.4 is 4.90 Å². The smallest absolute Gasteiger partial charge is 0.338 e. The predicted molar refractivity (Wildman–Crippen MR) is 107 cm³/mol. The Balaban J connectivity index is 1.26. The van der Waals surface area contributed by atoms with E-state index >= 15 is 0 Å². The van der Waals surface area contributed by atoms with Gasteiger partial charge < -0.3 is 14.5 Å². The van der Waals surface area contributed by atoms with Crippen LogP contribution in [-0.4, -0.2) is 64.3 Å². The summed E-state index contributed by atoms with van der Waals surface area (Å²) in [5, 5.41) is 4.03. The van der Waals surface area contributed by atoms with E-state index in [1.54, 1.807) is 40.2 Å². The zero-order valence-corrected chi connectivity index (χ0v) is 15.8. The van der Waals surface area contributed by atoms with E-state index in [-0.39, 0.29) is 12.5 Å². The van der Waals surface area contributed by atoms with Crippen LogP contribution in [0.5, 0.6) is 0 Å². The Morgan fingerprint density at radius 3 is 2.28 bits per heavy atom. The summed E-state index contributed by atoms with van der Waals surface area (Å²) < 4.78 is 6.80. The van der Waals surface area contributed by atoms with Gasteiger partial charge >= 0.3 is 5.97 Å². The molecular formula is C21H21N5O3. The Morgan fingerprint density at radius 2 is 1.62 bits per heavy atom. The molecule has 0 saturated carbocycles. The number of nitrogens with zero attached hydrogens (tertiary/aromatic N) is 5. The van der Waals surface area contributed by atoms with Gasteiger partial charge in [-0.1, -0.05) is 18.2 Å². The number of carbonyl (C=O) groups is 2. The molecule has 0 unspecified atom stereocenters. The zero-order valence-electron chi connectivity index (χ0n) is 15.8. The zero-order chi connectivity index (χ0) is 20.1. The molecule has 0 spiro atoms. The van der Waals surface area contributed by atoms with Crippen molar-refractivity contribution in [2.24, 2.45) is 0 Å². The maximum absolute atomic E-state index is 12.4. The lowest BCUT2D eigenvalue weighted by molar-refractivity contribution is -0.134. The largest absolute Gasteiger partial charge is 0.452 e. The molecule has 1 aliphatic heterocycles. The highest BCUT2D eigenvalue weighted by molar-refractivity contribution is 5.91. The molecule has 2 aromatic carbocycles. The van der Waals surface area contributed by atoms with E-state index in [0.29, 0.717) is 18.7 Å². The molecule has 8 nitrogen and oxygen atoms in total. The molecule has 0 aliphatic carbocycles. The summed E-state index contributed by atoms with van der Waals surface area (Å²) in [7, 11) is 0. The normalized spacial score (nSPS) is 13.9. The van der Waals surface area contributed by atoms with Crippen LogP contribution in [-0.2, 0) is 9.53 Å². The Bertz CT molecular complexity index is 950. The Labute approximate surface area is 168 Å². The van der Waals surface area contributed by atoms with Crippen molar-refractivity contribution in [1.82, 2.24) is 19.7 Å². The summed E-state index contributed by atoms with van der Waals surface area (Å²) in [6, 6.07) is 16.9. The summed E-state index contributed by atoms with van der Waals surface area (Å²) in [5.74, 6) is -0.697. The maximum Gasteiger partial charge on any atom is 0.338 e. The molecule has 0 atom stereocenters. The van der Waals surface area contributed by atoms with Crippen LogP contribution in [0, 0.1) is 0 Å². The third-order valence-electron chi connectivity index (χ3n) is 4.87. The van der Waals surface area contributed by atoms with Crippen LogP contribution in [0.2, 0.25) is 0 Å². The minimum absolute atomic E-state index is 0.176. The quantitative estimate of drug-likeness (QED) is 0.617. The van der Waals surface area contributed by atoms with E-state index < -0.39 is 5.97 Å². The van der Waals surface area contributed by atoms with Gasteiger partial charge in [0.2, 0.25) is 0 Å². The minimum Gasteiger partial charge on any atom is -0.452 e. The summed E-state index contributed by atoms with van der Waals surface area (Å²) in [6.45, 7) is 2.48. The van der Waals surface area contributed by atoms with Crippen molar-refractivity contribution in [3.05, 3.63) is 72.8 Å². The summed E-state index contributed by atoms with van der Waals surface area (Å²) in [5.41, 5.74) is 2.32. The molecule has 1 aliphatic rings. The van der Waals surface area contributed by atoms with Crippen molar-refractivity contribution in [1.29, 1.82) is 0 Å². The number of hydrogen-bond acceptors (Lipinski definition) is 6. The summed E-state index contributed by atoms with van der Waals surface area (Å²) in [4.78, 5) is 32.5. The lowest BCUT2D eigenvalue weighted by Crippen LogP contribution is -2.49. The average molecular weight is 391 g/mol. The number of para-hydroxylation sites is 1. The molecule has 29 heavy (non-hydrogen) atoms. The van der Waals surface area contributed by atoms with Crippen molar-refractivity contribution in [3.63, 3.8) is 0 Å². The second-order valence-corrected chi connectivity index (χ2v) is 6.67. The number of aromatic nitrogens is 3. The maximum atomic E-state index is 12.4. The van der Waals surface area contributed by atoms with Gasteiger partial charge in [0, 0.05) is 31.9 Å². The van der Waals surface area contributed by atoms with Gasteiger partial charge in [0.15, 0.2) is 6.61 Å². The van der Waals surface area contributed by atoms with Crippen molar-refractivity contribution in [3.8, 4) is 5.69 Å². The Hall–Kier alpha value is -3.68. The summed E-state index contributed by atoms with van der Waals surface area (Å²) >= 11 is 0. The number of hydrogen-bond donors (Lipinski definition) is 0. The van der Waals surface area contributed by atoms with Gasteiger partial charge in [-0.05, 0) is 36.4 Å². The fourth-order valence-corrected chi connectivity index (χ4v) is 3.25. The van der Waals surface area contributed by atoms with Gasteiger partial charge in [0.1, 0.15) is 12.7 Å². The average Bonchev–Trinajstić information content (AvgIpc) is 3.33. The standard InChI is InChI=1S/C21H21N5O3/c27-20(25-12-10-24(11-13-25)18-4-2-1-3-5-18)14-29-21(28)17-6-8-19(9-7-17)26-16-22-15-23-26/h1-9,15-16H,10-14H2. The highest BCUT2D eigenvalue weighted by atomic mass is 16.5. The molecular weight excluding hydrogens is 370 g/mol. The van der Waals surface area contributed by atoms with E-state index in [9.17, 15) is 9.59 Å². The van der Waals surface area contributed by atoms with Crippen molar-refractivity contribution in [2.45, 2.75) is 0 Å². The molecule has 0 N–H and O–H groups in total. The second kappa shape index (κ2) is 8.55. The molecule has 4 rings (SSSR count). The van der Waals surface area contributed by atoms with E-state index in [2.05, 4.69) is 27.1 Å². The van der Waals surface area contributed by atoms with Crippen molar-refractivity contribution in [2.75, 3.05) is 37.7 Å². The number of esters is 1. The van der Waals surface area contributed by atoms with Crippen LogP contribution in [0.4, 0.5) is 5.69 Å². The number of rotatable bonds is 5. The fraction of sp³-hybridized carbons (Fsp3) is 0.238. The molecule has 8 heteroatoms. The van der Waals surface area contributed by atoms with Gasteiger partial charge in [-0.3, -0.25) is 4.79 Å². The Kier molecular flexibility index (Phi) is 5.51. The third kappa shape index (κ3) is 4.43. The number of piperazine rings is 1. The highest BCUT2D eigenvalue weighted by Crippen LogP contribution is 2.16. The van der Waals surface area contributed by atoms with Crippen molar-refractivity contribution >= 4 is 17.6 Å². The van der Waals surface area contributed by atoms with Crippen LogP contribution in [0.25, 0.3) is 5.69 Å². The molecule has 148 valence electrons. The number of anilines is 1. The predicted octanol–water partition coefficient (Wildman–Crippen LogP) is 1.77. The summed E-state index contributed by atoms with van der Waals surface area (Å²) in [6.07, 6.45) is 3.01. The first-order chi connectivity index (χ1) is 14.2. The van der Waals surface area contributed by atoms with Crippen LogP contribution >= 0.6 is 0 Å². The minimum atomic E-state index is -0.522. The molecule has 0 bridgehead atoms. The van der Waals surface area contributed by atoms with Gasteiger partial charge in [-0.2, -0.15) is 5.10 Å². The van der Waals surface area contributed by atoms with E-state index in [1.165, 1.54) is 6.33 Å². The van der Waals surface area contributed by atoms with E-state index in [1.807, 2.05) is 18.2 Å². The Morgan fingerprint density at radius 1 is 0.897 bits per heavy atom. The molecule has 0 radical (unpaired) electrons. The number of ether oxygens (including phenoxy) is 1. The topological polar surface area (TPSA) is 80.6 Å². The molecule has 1 fully saturated rings. The third-order valence-corrected chi connectivity index (χ3v) is 4.87. The first-order valence-corrected chi connectivity index (χ1v) is 9.41. The molecule has 3 aromatic rings. The van der Waals surface area contributed by atoms with Crippen LogP contribution in [0.3, 0.4) is 0 Å². The fourth-order valence-electron chi connectivity index (χ4n) is 3.25. The van der Waals surface area contributed by atoms with Crippen molar-refractivity contribution < 1.29 is 14.3 Å². The lowest BCUT2D eigenvalue weighted by atomic mass is 10.2. The van der Waals surface area contributed by atoms with E-state index in [0.717, 1.165) is 24.5 Å². The van der Waals surface area contributed by atoms with Gasteiger partial charge in [0.25, 0.3) is 5.91 Å². The number of benzene rings is 2. The molecule has 1 amide bonds. The number of amides is 1. The van der Waals surface area contributed by atoms with Gasteiger partial charge in [-0.25, -0.2) is 14.5 Å². The monoisotopic (exact) mass is 391 g/mol. The first kappa shape index (κ1) is 18.7. The first-order valence-electron chi connectivity index (χ1n) is 9.41. The van der Waals surface area contributed by atoms with Gasteiger partial charge in [-0.15, -0.1) is 0 Å². The SMILES string of the molecule is O=C(OCC(=O)N1CCN(c2ccccc2)CC1)c1ccc(-n2cncn2)cc1. The van der Waals surface area contributed by atoms with Gasteiger partial charge in [0.05, 0.1) is 11.3 Å². The van der Waals surface area contributed by atoms with E-state index in [4.69, 9.17) is 4.74 Å². The van der Waals surface area contributed by atoms with Crippen LogP contribution in [0.15, 0.2) is 67.3 Å². The molecule has 2 heterocycles. The molecule has 1 saturated heterocycles. The number of carbonyl (C=O) groups excluding carboxylic acids is 2. The highest BCUT2D eigenvalue weighted by Gasteiger charge is 2.22. The lowest BCUT2D eigenvalue weighted by Gasteiger charge is -2.36. The molecule has 1 aromatic heterocycles.